The van der Waals surface area contributed by atoms with Gasteiger partial charge in [0, 0.05) is 19.2 Å². The summed E-state index contributed by atoms with van der Waals surface area (Å²) in [6, 6.07) is 7.37. The van der Waals surface area contributed by atoms with Gasteiger partial charge in [-0.15, -0.1) is 0 Å². The van der Waals surface area contributed by atoms with Crippen molar-refractivity contribution in [1.82, 2.24) is 15.3 Å². The van der Waals surface area contributed by atoms with Crippen LogP contribution in [0.25, 0.3) is 0 Å². The number of amides is 1. The lowest BCUT2D eigenvalue weighted by atomic mass is 9.82. The number of aliphatic hydroxyl groups is 2. The van der Waals surface area contributed by atoms with Crippen molar-refractivity contribution in [2.75, 3.05) is 13.7 Å². The molecule has 0 saturated carbocycles. The number of aryl methyl sites for hydroxylation is 1. The highest BCUT2D eigenvalue weighted by Crippen LogP contribution is 2.38. The summed E-state index contributed by atoms with van der Waals surface area (Å²) < 4.78 is 11.1. The molecule has 1 amide bonds. The van der Waals surface area contributed by atoms with Crippen molar-refractivity contribution in [2.24, 2.45) is 0 Å². The second-order valence-corrected chi connectivity index (χ2v) is 7.06. The topological polar surface area (TPSA) is 114 Å². The fourth-order valence-corrected chi connectivity index (χ4v) is 3.42. The number of ether oxygens (including phenoxy) is 2. The van der Waals surface area contributed by atoms with Gasteiger partial charge in [-0.1, -0.05) is 12.1 Å². The van der Waals surface area contributed by atoms with Crippen LogP contribution < -0.4 is 10.1 Å². The highest BCUT2D eigenvalue weighted by molar-refractivity contribution is 5.94. The molecule has 28 heavy (non-hydrogen) atoms. The Balaban J connectivity index is 1.76. The van der Waals surface area contributed by atoms with Gasteiger partial charge in [-0.25, -0.2) is 9.97 Å². The molecule has 2 heterocycles. The molecule has 150 valence electrons. The maximum Gasteiger partial charge on any atom is 0.254 e. The minimum Gasteiger partial charge on any atom is -0.497 e. The number of carbonyl (C=O) groups excluding carboxylic acids is 1. The molecule has 0 spiro atoms. The van der Waals surface area contributed by atoms with Gasteiger partial charge in [0.25, 0.3) is 5.91 Å². The quantitative estimate of drug-likeness (QED) is 0.705. The van der Waals surface area contributed by atoms with Crippen LogP contribution in [-0.4, -0.2) is 57.6 Å². The monoisotopic (exact) mass is 387 g/mol. The number of nitrogens with one attached hydrogen (secondary N) is 1. The standard InChI is InChI=1S/C20H25N3O5/c1-12-16(9-21-11-23-12)19(25)22-10-20(26)8-17(28-13(2)18(20)24)14-5-4-6-15(7-14)27-3/h4-7,9,11,13,17-18,24,26H,8,10H2,1-3H3,(H,22,25)/t13-,17-,18-,20-/m1/s1. The summed E-state index contributed by atoms with van der Waals surface area (Å²) in [5.41, 5.74) is 0.139. The number of benzene rings is 1. The zero-order valence-electron chi connectivity index (χ0n) is 16.1. The summed E-state index contributed by atoms with van der Waals surface area (Å²) in [7, 11) is 1.58. The number of hydrogen-bond acceptors (Lipinski definition) is 7. The maximum absolute atomic E-state index is 12.4. The first-order valence-electron chi connectivity index (χ1n) is 9.08. The van der Waals surface area contributed by atoms with Crippen molar-refractivity contribution < 1.29 is 24.5 Å². The Morgan fingerprint density at radius 2 is 2.25 bits per heavy atom. The summed E-state index contributed by atoms with van der Waals surface area (Å²) in [6.45, 7) is 3.27. The number of nitrogens with zero attached hydrogens (tertiary/aromatic N) is 2. The fourth-order valence-electron chi connectivity index (χ4n) is 3.42. The van der Waals surface area contributed by atoms with Crippen molar-refractivity contribution in [3.8, 4) is 5.75 Å². The van der Waals surface area contributed by atoms with Crippen LogP contribution >= 0.6 is 0 Å². The van der Waals surface area contributed by atoms with Crippen molar-refractivity contribution in [2.45, 2.75) is 44.2 Å². The van der Waals surface area contributed by atoms with E-state index >= 15 is 0 Å². The average molecular weight is 387 g/mol. The van der Waals surface area contributed by atoms with Crippen molar-refractivity contribution in [3.05, 3.63) is 53.6 Å². The average Bonchev–Trinajstić information content (AvgIpc) is 2.70. The summed E-state index contributed by atoms with van der Waals surface area (Å²) in [5, 5.41) is 24.3. The summed E-state index contributed by atoms with van der Waals surface area (Å²) in [4.78, 5) is 20.3. The van der Waals surface area contributed by atoms with Gasteiger partial charge in [-0.05, 0) is 31.5 Å². The highest BCUT2D eigenvalue weighted by Gasteiger charge is 2.47. The van der Waals surface area contributed by atoms with Crippen molar-refractivity contribution >= 4 is 5.91 Å². The molecule has 1 aromatic carbocycles. The Morgan fingerprint density at radius 3 is 2.96 bits per heavy atom. The van der Waals surface area contributed by atoms with Gasteiger partial charge in [0.15, 0.2) is 0 Å². The Hall–Kier alpha value is -2.55. The number of carbonyl (C=O) groups is 1. The van der Waals surface area contributed by atoms with E-state index < -0.39 is 29.8 Å². The SMILES string of the molecule is COc1cccc([C@H]2C[C@@](O)(CNC(=O)c3cncnc3C)[C@H](O)[C@@H](C)O2)c1. The molecule has 1 aliphatic rings. The molecule has 1 aliphatic heterocycles. The third-order valence-corrected chi connectivity index (χ3v) is 5.09. The van der Waals surface area contributed by atoms with Gasteiger partial charge in [0.1, 0.15) is 23.8 Å². The Labute approximate surface area is 163 Å². The number of methoxy groups -OCH3 is 1. The first-order valence-corrected chi connectivity index (χ1v) is 9.08. The lowest BCUT2D eigenvalue weighted by Crippen LogP contribution is -2.59. The van der Waals surface area contributed by atoms with Crippen molar-refractivity contribution in [1.29, 1.82) is 0 Å². The summed E-state index contributed by atoms with van der Waals surface area (Å²) >= 11 is 0. The van der Waals surface area contributed by atoms with E-state index in [-0.39, 0.29) is 13.0 Å². The van der Waals surface area contributed by atoms with Crippen LogP contribution in [-0.2, 0) is 4.74 Å². The minimum absolute atomic E-state index is 0.121. The summed E-state index contributed by atoms with van der Waals surface area (Å²) in [5.74, 6) is 0.270. The lowest BCUT2D eigenvalue weighted by molar-refractivity contribution is -0.210. The molecule has 3 N–H and O–H groups in total. The molecular formula is C20H25N3O5. The van der Waals surface area contributed by atoms with E-state index in [2.05, 4.69) is 15.3 Å². The van der Waals surface area contributed by atoms with E-state index in [0.29, 0.717) is 17.0 Å². The zero-order chi connectivity index (χ0) is 20.3. The van der Waals surface area contributed by atoms with Gasteiger partial charge in [-0.2, -0.15) is 0 Å². The van der Waals surface area contributed by atoms with Crippen molar-refractivity contribution in [3.63, 3.8) is 0 Å². The van der Waals surface area contributed by atoms with Gasteiger partial charge < -0.3 is 25.0 Å². The maximum atomic E-state index is 12.4. The molecule has 1 fully saturated rings. The van der Waals surface area contributed by atoms with Crippen LogP contribution in [0.15, 0.2) is 36.8 Å². The number of aromatic nitrogens is 2. The van der Waals surface area contributed by atoms with Crippen LogP contribution in [0.3, 0.4) is 0 Å². The van der Waals surface area contributed by atoms with Gasteiger partial charge >= 0.3 is 0 Å². The second kappa shape index (κ2) is 8.22. The minimum atomic E-state index is -1.55. The molecule has 1 saturated heterocycles. The van der Waals surface area contributed by atoms with Crippen LogP contribution in [0.1, 0.15) is 41.1 Å². The van der Waals surface area contributed by atoms with Crippen LogP contribution in [0, 0.1) is 6.92 Å². The third kappa shape index (κ3) is 4.14. The fraction of sp³-hybridized carbons (Fsp3) is 0.450. The van der Waals surface area contributed by atoms with Gasteiger partial charge in [0.2, 0.25) is 0 Å². The normalized spacial score (nSPS) is 27.2. The van der Waals surface area contributed by atoms with Crippen LogP contribution in [0.5, 0.6) is 5.75 Å². The number of rotatable bonds is 5. The molecule has 8 heteroatoms. The smallest absolute Gasteiger partial charge is 0.254 e. The Morgan fingerprint density at radius 1 is 1.46 bits per heavy atom. The highest BCUT2D eigenvalue weighted by atomic mass is 16.5. The predicted octanol–water partition coefficient (Wildman–Crippen LogP) is 1.17. The molecule has 3 rings (SSSR count). The van der Waals surface area contributed by atoms with Gasteiger partial charge in [0.05, 0.1) is 30.6 Å². The Bertz CT molecular complexity index is 846. The van der Waals surface area contributed by atoms with E-state index in [1.54, 1.807) is 21.0 Å². The van der Waals surface area contributed by atoms with Crippen LogP contribution in [0.2, 0.25) is 0 Å². The Kier molecular flexibility index (Phi) is 5.93. The van der Waals surface area contributed by atoms with E-state index in [0.717, 1.165) is 5.56 Å². The molecule has 4 atom stereocenters. The first-order chi connectivity index (χ1) is 13.3. The molecule has 8 nitrogen and oxygen atoms in total. The van der Waals surface area contributed by atoms with E-state index in [1.165, 1.54) is 12.5 Å². The molecule has 1 aromatic heterocycles. The third-order valence-electron chi connectivity index (χ3n) is 5.09. The molecule has 0 radical (unpaired) electrons. The van der Waals surface area contributed by atoms with E-state index in [4.69, 9.17) is 9.47 Å². The second-order valence-electron chi connectivity index (χ2n) is 7.06. The largest absolute Gasteiger partial charge is 0.497 e. The van der Waals surface area contributed by atoms with E-state index in [1.807, 2.05) is 24.3 Å². The lowest BCUT2D eigenvalue weighted by Gasteiger charge is -2.44. The summed E-state index contributed by atoms with van der Waals surface area (Å²) in [6.07, 6.45) is 0.691. The molecular weight excluding hydrogens is 362 g/mol. The number of aliphatic hydroxyl groups excluding tert-OH is 1. The molecule has 0 bridgehead atoms. The van der Waals surface area contributed by atoms with E-state index in [9.17, 15) is 15.0 Å². The zero-order valence-corrected chi connectivity index (χ0v) is 16.1. The molecule has 0 unspecified atom stereocenters. The number of hydrogen-bond donors (Lipinski definition) is 3. The van der Waals surface area contributed by atoms with Crippen LogP contribution in [0.4, 0.5) is 0 Å². The molecule has 2 aromatic rings. The van der Waals surface area contributed by atoms with Gasteiger partial charge in [-0.3, -0.25) is 4.79 Å². The molecule has 0 aliphatic carbocycles. The predicted molar refractivity (Wildman–Crippen MR) is 101 cm³/mol. The first kappa shape index (κ1) is 20.2.